The highest BCUT2D eigenvalue weighted by molar-refractivity contribution is 6.31. The van der Waals surface area contributed by atoms with Crippen molar-refractivity contribution >= 4 is 35.6 Å². The lowest BCUT2D eigenvalue weighted by Gasteiger charge is -2.26. The predicted octanol–water partition coefficient (Wildman–Crippen LogP) is 1.12. The Kier molecular flexibility index (Phi) is 6.62. The third-order valence-corrected chi connectivity index (χ3v) is 4.25. The predicted molar refractivity (Wildman–Crippen MR) is 95.1 cm³/mol. The molecule has 2 heterocycles. The van der Waals surface area contributed by atoms with Crippen LogP contribution in [-0.2, 0) is 21.4 Å². The maximum Gasteiger partial charge on any atom is 0.336 e. The number of ether oxygens (including phenoxy) is 1. The van der Waals surface area contributed by atoms with E-state index in [1.54, 1.807) is 27.0 Å². The molecule has 1 aliphatic rings. The van der Waals surface area contributed by atoms with E-state index in [-0.39, 0.29) is 19.1 Å². The minimum Gasteiger partial charge on any atom is -0.465 e. The number of rotatable bonds is 5. The molecule has 1 aromatic heterocycles. The van der Waals surface area contributed by atoms with Crippen molar-refractivity contribution in [2.75, 3.05) is 26.2 Å². The van der Waals surface area contributed by atoms with Gasteiger partial charge in [0.1, 0.15) is 11.7 Å². The van der Waals surface area contributed by atoms with Crippen LogP contribution in [0.5, 0.6) is 0 Å². The minimum atomic E-state index is -0.528. The van der Waals surface area contributed by atoms with E-state index in [0.717, 1.165) is 0 Å². The number of hydrogen-bond acceptors (Lipinski definition) is 5. The van der Waals surface area contributed by atoms with Crippen molar-refractivity contribution in [3.05, 3.63) is 22.5 Å². The molecule has 2 rings (SSSR count). The zero-order valence-corrected chi connectivity index (χ0v) is 15.7. The van der Waals surface area contributed by atoms with Crippen LogP contribution in [0.1, 0.15) is 24.6 Å². The summed E-state index contributed by atoms with van der Waals surface area (Å²) in [7, 11) is 1.71. The fraction of sp³-hybridized carbons (Fsp3) is 0.500. The lowest BCUT2D eigenvalue weighted by atomic mass is 10.2. The summed E-state index contributed by atoms with van der Waals surface area (Å²) in [6.45, 7) is 4.27. The number of hydrogen-bond donors (Lipinski definition) is 1. The third-order valence-electron chi connectivity index (χ3n) is 3.80. The summed E-state index contributed by atoms with van der Waals surface area (Å²) in [5.41, 5.74) is 1.35. The second-order valence-corrected chi connectivity index (χ2v) is 6.01. The van der Waals surface area contributed by atoms with E-state index < -0.39 is 12.0 Å². The lowest BCUT2D eigenvalue weighted by molar-refractivity contribution is -0.141. The van der Waals surface area contributed by atoms with Crippen LogP contribution >= 0.6 is 11.6 Å². The lowest BCUT2D eigenvalue weighted by Crippen LogP contribution is -2.49. The molecular formula is C16H22ClN5O4. The zero-order chi connectivity index (χ0) is 19.3. The Morgan fingerprint density at radius 1 is 1.31 bits per heavy atom. The fourth-order valence-electron chi connectivity index (χ4n) is 2.58. The molecule has 10 heteroatoms. The first-order valence-electron chi connectivity index (χ1n) is 8.24. The van der Waals surface area contributed by atoms with E-state index in [2.05, 4.69) is 10.4 Å². The molecule has 0 atom stereocenters. The second kappa shape index (κ2) is 8.70. The van der Waals surface area contributed by atoms with Gasteiger partial charge in [0.05, 0.1) is 12.3 Å². The first-order chi connectivity index (χ1) is 12.3. The van der Waals surface area contributed by atoms with Gasteiger partial charge in [-0.3, -0.25) is 14.3 Å². The van der Waals surface area contributed by atoms with Crippen molar-refractivity contribution in [3.63, 3.8) is 0 Å². The van der Waals surface area contributed by atoms with Crippen molar-refractivity contribution in [3.8, 4) is 0 Å². The van der Waals surface area contributed by atoms with Crippen molar-refractivity contribution < 1.29 is 19.1 Å². The van der Waals surface area contributed by atoms with Gasteiger partial charge < -0.3 is 10.1 Å². The number of hydrazine groups is 1. The molecule has 26 heavy (non-hydrogen) atoms. The Balaban J connectivity index is 2.00. The summed E-state index contributed by atoms with van der Waals surface area (Å²) in [6, 6.07) is -0.520. The highest BCUT2D eigenvalue weighted by atomic mass is 35.5. The standard InChI is InChI=1S/C16H22ClN5O4/c1-4-26-14(24)10-18-16(25)22-9-5-8-21(22)13(23)7-6-12-11(2)19-20(3)15(12)17/h6-7H,4-5,8-10H2,1-3H3,(H,18,25). The number of esters is 1. The number of carbonyl (C=O) groups excluding carboxylic acids is 3. The Bertz CT molecular complexity index is 730. The Labute approximate surface area is 156 Å². The summed E-state index contributed by atoms with van der Waals surface area (Å²) in [5, 5.41) is 9.66. The number of carbonyl (C=O) groups is 3. The van der Waals surface area contributed by atoms with Gasteiger partial charge in [-0.15, -0.1) is 0 Å². The van der Waals surface area contributed by atoms with Crippen LogP contribution in [0.3, 0.4) is 0 Å². The van der Waals surface area contributed by atoms with Crippen LogP contribution in [0.4, 0.5) is 4.79 Å². The SMILES string of the molecule is CCOC(=O)CNC(=O)N1CCCN1C(=O)C=Cc1c(C)nn(C)c1Cl. The molecule has 0 unspecified atom stereocenters. The van der Waals surface area contributed by atoms with Gasteiger partial charge in [0.2, 0.25) is 0 Å². The molecule has 0 bridgehead atoms. The topological polar surface area (TPSA) is 96.8 Å². The van der Waals surface area contributed by atoms with Gasteiger partial charge >= 0.3 is 12.0 Å². The van der Waals surface area contributed by atoms with Crippen molar-refractivity contribution in [1.29, 1.82) is 0 Å². The monoisotopic (exact) mass is 383 g/mol. The van der Waals surface area contributed by atoms with Gasteiger partial charge in [-0.2, -0.15) is 5.10 Å². The average Bonchev–Trinajstić information content (AvgIpc) is 3.17. The Hall–Kier alpha value is -2.55. The maximum absolute atomic E-state index is 12.5. The van der Waals surface area contributed by atoms with E-state index in [9.17, 15) is 14.4 Å². The van der Waals surface area contributed by atoms with E-state index in [0.29, 0.717) is 35.9 Å². The molecule has 0 radical (unpaired) electrons. The molecular weight excluding hydrogens is 362 g/mol. The molecule has 0 spiro atoms. The summed E-state index contributed by atoms with van der Waals surface area (Å²) < 4.78 is 6.28. The normalized spacial score (nSPS) is 14.2. The highest BCUT2D eigenvalue weighted by Crippen LogP contribution is 2.20. The first-order valence-corrected chi connectivity index (χ1v) is 8.62. The van der Waals surface area contributed by atoms with Gasteiger partial charge in [-0.05, 0) is 26.3 Å². The van der Waals surface area contributed by atoms with Gasteiger partial charge in [0, 0.05) is 31.8 Å². The smallest absolute Gasteiger partial charge is 0.336 e. The Morgan fingerprint density at radius 3 is 2.62 bits per heavy atom. The van der Waals surface area contributed by atoms with Crippen molar-refractivity contribution in [2.24, 2.45) is 7.05 Å². The number of aromatic nitrogens is 2. The van der Waals surface area contributed by atoms with Crippen molar-refractivity contribution in [2.45, 2.75) is 20.3 Å². The molecule has 1 saturated heterocycles. The molecule has 1 N–H and O–H groups in total. The quantitative estimate of drug-likeness (QED) is 0.607. The van der Waals surface area contributed by atoms with Gasteiger partial charge in [0.15, 0.2) is 0 Å². The Morgan fingerprint density at radius 2 is 2.00 bits per heavy atom. The summed E-state index contributed by atoms with van der Waals surface area (Å²) in [5.74, 6) is -0.882. The van der Waals surface area contributed by atoms with Gasteiger partial charge in [0.25, 0.3) is 5.91 Å². The van der Waals surface area contributed by atoms with E-state index in [1.165, 1.54) is 20.8 Å². The number of halogens is 1. The number of aryl methyl sites for hydroxylation is 2. The van der Waals surface area contributed by atoms with Gasteiger partial charge in [-0.25, -0.2) is 14.8 Å². The summed E-state index contributed by atoms with van der Waals surface area (Å²) in [4.78, 5) is 36.0. The number of urea groups is 1. The maximum atomic E-state index is 12.5. The van der Waals surface area contributed by atoms with E-state index >= 15 is 0 Å². The van der Waals surface area contributed by atoms with Crippen LogP contribution < -0.4 is 5.32 Å². The number of nitrogens with one attached hydrogen (secondary N) is 1. The van der Waals surface area contributed by atoms with E-state index in [1.807, 2.05) is 0 Å². The third kappa shape index (κ3) is 4.54. The average molecular weight is 384 g/mol. The molecule has 0 aromatic carbocycles. The van der Waals surface area contributed by atoms with E-state index in [4.69, 9.17) is 16.3 Å². The molecule has 142 valence electrons. The molecule has 0 aliphatic carbocycles. The van der Waals surface area contributed by atoms with Crippen LogP contribution in [0.15, 0.2) is 6.08 Å². The van der Waals surface area contributed by atoms with Gasteiger partial charge in [-0.1, -0.05) is 11.6 Å². The van der Waals surface area contributed by atoms with Crippen LogP contribution in [0.25, 0.3) is 6.08 Å². The molecule has 0 saturated carbocycles. The highest BCUT2D eigenvalue weighted by Gasteiger charge is 2.29. The van der Waals surface area contributed by atoms with Crippen molar-refractivity contribution in [1.82, 2.24) is 25.1 Å². The second-order valence-electron chi connectivity index (χ2n) is 5.65. The molecule has 3 amide bonds. The van der Waals surface area contributed by atoms with Crippen LogP contribution in [-0.4, -0.2) is 63.9 Å². The molecule has 1 aliphatic heterocycles. The van der Waals surface area contributed by atoms with Crippen LogP contribution in [0, 0.1) is 6.92 Å². The largest absolute Gasteiger partial charge is 0.465 e. The fourth-order valence-corrected chi connectivity index (χ4v) is 2.82. The number of nitrogens with zero attached hydrogens (tertiary/aromatic N) is 4. The minimum absolute atomic E-state index is 0.240. The first kappa shape index (κ1) is 19.8. The number of amides is 3. The zero-order valence-electron chi connectivity index (χ0n) is 15.0. The molecule has 9 nitrogen and oxygen atoms in total. The molecule has 1 aromatic rings. The van der Waals surface area contributed by atoms with Crippen LogP contribution in [0.2, 0.25) is 5.15 Å². The summed E-state index contributed by atoms with van der Waals surface area (Å²) >= 11 is 6.14. The summed E-state index contributed by atoms with van der Waals surface area (Å²) in [6.07, 6.45) is 3.59. The molecule has 1 fully saturated rings.